The Morgan fingerprint density at radius 3 is 2.39 bits per heavy atom. The zero-order chi connectivity index (χ0) is 23.7. The minimum absolute atomic E-state index is 0.0901. The van der Waals surface area contributed by atoms with Crippen molar-refractivity contribution in [2.45, 2.75) is 47.6 Å². The third-order valence-corrected chi connectivity index (χ3v) is 6.72. The topological polar surface area (TPSA) is 66.6 Å². The number of hydrogen-bond acceptors (Lipinski definition) is 6. The van der Waals surface area contributed by atoms with E-state index in [4.69, 9.17) is 9.40 Å². The number of rotatable bonds is 8. The Morgan fingerprint density at radius 2 is 1.76 bits per heavy atom. The van der Waals surface area contributed by atoms with Crippen molar-refractivity contribution in [1.82, 2.24) is 9.88 Å². The van der Waals surface area contributed by atoms with Gasteiger partial charge in [0.25, 0.3) is 0 Å². The monoisotopic (exact) mass is 464 g/mol. The molecular weight excluding hydrogens is 432 g/mol. The fourth-order valence-electron chi connectivity index (χ4n) is 4.41. The highest BCUT2D eigenvalue weighted by Crippen LogP contribution is 2.35. The summed E-state index contributed by atoms with van der Waals surface area (Å²) in [5.41, 5.74) is 2.48. The summed E-state index contributed by atoms with van der Waals surface area (Å²) in [5, 5.41) is 11.9. The Morgan fingerprint density at radius 1 is 1.06 bits per heavy atom. The third kappa shape index (κ3) is 4.82. The molecule has 2 aromatic heterocycles. The molecule has 4 rings (SSSR count). The second-order valence-corrected chi connectivity index (χ2v) is 10.5. The van der Waals surface area contributed by atoms with Crippen LogP contribution in [0.2, 0.25) is 0 Å². The second-order valence-electron chi connectivity index (χ2n) is 9.49. The number of hydrogen-bond donors (Lipinski definition) is 1. The zero-order valence-corrected chi connectivity index (χ0v) is 20.8. The van der Waals surface area contributed by atoms with E-state index in [9.17, 15) is 9.90 Å². The second kappa shape index (κ2) is 9.65. The minimum atomic E-state index is -0.0901. The molecule has 0 fully saturated rings. The quantitative estimate of drug-likeness (QED) is 0.324. The predicted octanol–water partition coefficient (Wildman–Crippen LogP) is 6.45. The lowest BCUT2D eigenvalue weighted by atomic mass is 10.0. The fourth-order valence-corrected chi connectivity index (χ4v) is 5.43. The van der Waals surface area contributed by atoms with E-state index < -0.39 is 0 Å². The molecule has 0 unspecified atom stereocenters. The van der Waals surface area contributed by atoms with Gasteiger partial charge in [0, 0.05) is 26.1 Å². The Labute approximate surface area is 198 Å². The van der Waals surface area contributed by atoms with E-state index in [-0.39, 0.29) is 11.2 Å². The number of fused-ring (bicyclic) bond motifs is 2. The first-order chi connectivity index (χ1) is 15.8. The van der Waals surface area contributed by atoms with Gasteiger partial charge in [-0.1, -0.05) is 46.8 Å². The van der Waals surface area contributed by atoms with Gasteiger partial charge in [-0.05, 0) is 36.1 Å². The molecule has 2 aromatic carbocycles. The summed E-state index contributed by atoms with van der Waals surface area (Å²) < 4.78 is 7.42. The standard InChI is InChI=1S/C27H32N2O3S/c1-6-22-24(27-28-20-9-7-8-10-23(20)33-27)25(31)18-11-12-21(30)19(26(18)32-22)15-29(13-16(2)3)14-17(4)5/h7-12,16-17,30H,6,13-15H2,1-5H3. The van der Waals surface area contributed by atoms with E-state index in [0.29, 0.717) is 57.7 Å². The number of phenols is 1. The number of aromatic nitrogens is 1. The maximum atomic E-state index is 13.7. The largest absolute Gasteiger partial charge is 0.507 e. The molecule has 6 heteroatoms. The van der Waals surface area contributed by atoms with Gasteiger partial charge in [-0.25, -0.2) is 4.98 Å². The average molecular weight is 465 g/mol. The third-order valence-electron chi connectivity index (χ3n) is 5.67. The summed E-state index contributed by atoms with van der Waals surface area (Å²) >= 11 is 1.51. The molecule has 0 aliphatic heterocycles. The number of aromatic hydroxyl groups is 1. The van der Waals surface area contributed by atoms with Crippen LogP contribution in [0.5, 0.6) is 5.75 Å². The molecule has 0 atom stereocenters. The Bertz CT molecular complexity index is 1290. The molecule has 0 aliphatic carbocycles. The first-order valence-corrected chi connectivity index (χ1v) is 12.5. The molecule has 0 radical (unpaired) electrons. The first kappa shape index (κ1) is 23.5. The van der Waals surface area contributed by atoms with Gasteiger partial charge in [0.05, 0.1) is 26.7 Å². The van der Waals surface area contributed by atoms with Crippen LogP contribution >= 0.6 is 11.3 Å². The van der Waals surface area contributed by atoms with E-state index in [2.05, 4.69) is 32.6 Å². The number of phenolic OH excluding ortho intramolecular Hbond substituents is 1. The highest BCUT2D eigenvalue weighted by molar-refractivity contribution is 7.21. The molecule has 0 amide bonds. The van der Waals surface area contributed by atoms with Gasteiger partial charge in [0.15, 0.2) is 0 Å². The van der Waals surface area contributed by atoms with E-state index in [1.807, 2.05) is 31.2 Å². The smallest absolute Gasteiger partial charge is 0.203 e. The summed E-state index contributed by atoms with van der Waals surface area (Å²) in [6, 6.07) is 11.2. The van der Waals surface area contributed by atoms with Crippen LogP contribution in [0.1, 0.15) is 45.9 Å². The van der Waals surface area contributed by atoms with Crippen molar-refractivity contribution in [2.75, 3.05) is 13.1 Å². The van der Waals surface area contributed by atoms with Crippen LogP contribution in [0.15, 0.2) is 45.6 Å². The first-order valence-electron chi connectivity index (χ1n) is 11.7. The Hall–Kier alpha value is -2.70. The molecule has 4 aromatic rings. The molecule has 5 nitrogen and oxygen atoms in total. The van der Waals surface area contributed by atoms with Gasteiger partial charge < -0.3 is 9.52 Å². The fraction of sp³-hybridized carbons (Fsp3) is 0.407. The number of aryl methyl sites for hydroxylation is 1. The van der Waals surface area contributed by atoms with Crippen molar-refractivity contribution in [1.29, 1.82) is 0 Å². The lowest BCUT2D eigenvalue weighted by Gasteiger charge is -2.26. The number of para-hydroxylation sites is 1. The summed E-state index contributed by atoms with van der Waals surface area (Å²) in [6.07, 6.45) is 0.563. The maximum Gasteiger partial charge on any atom is 0.203 e. The summed E-state index contributed by atoms with van der Waals surface area (Å²) in [6.45, 7) is 13.1. The molecule has 0 bridgehead atoms. The summed E-state index contributed by atoms with van der Waals surface area (Å²) in [5.74, 6) is 1.75. The maximum absolute atomic E-state index is 13.7. The lowest BCUT2D eigenvalue weighted by Crippen LogP contribution is -2.31. The summed E-state index contributed by atoms with van der Waals surface area (Å²) in [7, 11) is 0. The minimum Gasteiger partial charge on any atom is -0.507 e. The molecular formula is C27H32N2O3S. The van der Waals surface area contributed by atoms with Crippen molar-refractivity contribution in [3.63, 3.8) is 0 Å². The molecule has 2 heterocycles. The van der Waals surface area contributed by atoms with Crippen LogP contribution in [-0.2, 0) is 13.0 Å². The van der Waals surface area contributed by atoms with Gasteiger partial charge in [-0.15, -0.1) is 11.3 Å². The zero-order valence-electron chi connectivity index (χ0n) is 20.0. The molecule has 0 saturated carbocycles. The molecule has 1 N–H and O–H groups in total. The van der Waals surface area contributed by atoms with Crippen LogP contribution in [0, 0.1) is 11.8 Å². The van der Waals surface area contributed by atoms with Crippen molar-refractivity contribution < 1.29 is 9.52 Å². The normalized spacial score (nSPS) is 12.1. The van der Waals surface area contributed by atoms with Gasteiger partial charge in [0.2, 0.25) is 5.43 Å². The number of benzene rings is 2. The van der Waals surface area contributed by atoms with Gasteiger partial charge in [-0.3, -0.25) is 9.69 Å². The van der Waals surface area contributed by atoms with Crippen molar-refractivity contribution in [2.24, 2.45) is 11.8 Å². The molecule has 0 saturated heterocycles. The molecule has 0 spiro atoms. The lowest BCUT2D eigenvalue weighted by molar-refractivity contribution is 0.209. The van der Waals surface area contributed by atoms with Crippen LogP contribution < -0.4 is 5.43 Å². The van der Waals surface area contributed by atoms with Crippen molar-refractivity contribution in [3.8, 4) is 16.3 Å². The van der Waals surface area contributed by atoms with E-state index in [1.54, 1.807) is 12.1 Å². The van der Waals surface area contributed by atoms with E-state index in [1.165, 1.54) is 11.3 Å². The number of nitrogens with zero attached hydrogens (tertiary/aromatic N) is 2. The SMILES string of the molecule is CCc1oc2c(CN(CC(C)C)CC(C)C)c(O)ccc2c(=O)c1-c1nc2ccccc2s1. The van der Waals surface area contributed by atoms with E-state index >= 15 is 0 Å². The molecule has 174 valence electrons. The molecule has 0 aliphatic rings. The van der Waals surface area contributed by atoms with Gasteiger partial charge in [-0.2, -0.15) is 0 Å². The van der Waals surface area contributed by atoms with E-state index in [0.717, 1.165) is 23.3 Å². The highest BCUT2D eigenvalue weighted by atomic mass is 32.1. The van der Waals surface area contributed by atoms with Gasteiger partial charge >= 0.3 is 0 Å². The Balaban J connectivity index is 1.88. The number of thiazole rings is 1. The molecule has 33 heavy (non-hydrogen) atoms. The average Bonchev–Trinajstić information content (AvgIpc) is 3.18. The van der Waals surface area contributed by atoms with Crippen molar-refractivity contribution in [3.05, 3.63) is 57.9 Å². The van der Waals surface area contributed by atoms with Crippen LogP contribution in [-0.4, -0.2) is 28.1 Å². The van der Waals surface area contributed by atoms with Crippen molar-refractivity contribution >= 4 is 32.5 Å². The highest BCUT2D eigenvalue weighted by Gasteiger charge is 2.23. The van der Waals surface area contributed by atoms with Crippen LogP contribution in [0.25, 0.3) is 31.8 Å². The van der Waals surface area contributed by atoms with Crippen LogP contribution in [0.3, 0.4) is 0 Å². The Kier molecular flexibility index (Phi) is 6.86. The predicted molar refractivity (Wildman–Crippen MR) is 137 cm³/mol. The summed E-state index contributed by atoms with van der Waals surface area (Å²) in [4.78, 5) is 20.7. The van der Waals surface area contributed by atoms with Crippen LogP contribution in [0.4, 0.5) is 0 Å². The van der Waals surface area contributed by atoms with Gasteiger partial charge in [0.1, 0.15) is 22.1 Å².